The highest BCUT2D eigenvalue weighted by Gasteiger charge is 2.15. The lowest BCUT2D eigenvalue weighted by molar-refractivity contribution is 0.0563. The zero-order valence-electron chi connectivity index (χ0n) is 9.77. The summed E-state index contributed by atoms with van der Waals surface area (Å²) in [5.41, 5.74) is 0.986. The fourth-order valence-electron chi connectivity index (χ4n) is 1.54. The topological polar surface area (TPSA) is 51.5 Å². The van der Waals surface area contributed by atoms with Crippen LogP contribution in [-0.4, -0.2) is 13.1 Å². The number of rotatable bonds is 4. The molecule has 1 aromatic heterocycles. The summed E-state index contributed by atoms with van der Waals surface area (Å²) in [5.74, 6) is -0.771. The maximum atomic E-state index is 13.4. The predicted octanol–water partition coefficient (Wildman–Crippen LogP) is 2.82. The Kier molecular flexibility index (Phi) is 3.62. The highest BCUT2D eigenvalue weighted by atomic mass is 19.1. The Morgan fingerprint density at radius 2 is 2.17 bits per heavy atom. The van der Waals surface area contributed by atoms with Crippen LogP contribution in [0.5, 0.6) is 0 Å². The number of carbonyl (C=O) groups excluding carboxylic acids is 1. The van der Waals surface area contributed by atoms with Crippen LogP contribution in [0.1, 0.15) is 16.1 Å². The molecule has 94 valence electrons. The van der Waals surface area contributed by atoms with Crippen LogP contribution < -0.4 is 5.32 Å². The zero-order chi connectivity index (χ0) is 13.0. The number of para-hydroxylation sites is 1. The first-order chi connectivity index (χ1) is 8.72. The van der Waals surface area contributed by atoms with Gasteiger partial charge in [0.15, 0.2) is 0 Å². The van der Waals surface area contributed by atoms with Crippen LogP contribution in [0.3, 0.4) is 0 Å². The molecule has 0 spiro atoms. The largest absolute Gasteiger partial charge is 0.463 e. The quantitative estimate of drug-likeness (QED) is 0.846. The van der Waals surface area contributed by atoms with Gasteiger partial charge in [0, 0.05) is 12.1 Å². The van der Waals surface area contributed by atoms with Crippen LogP contribution in [0, 0.1) is 5.82 Å². The van der Waals surface area contributed by atoms with Gasteiger partial charge in [-0.15, -0.1) is 0 Å². The number of nitrogens with one attached hydrogen (secondary N) is 1. The second-order valence-electron chi connectivity index (χ2n) is 3.60. The molecule has 1 aromatic carbocycles. The van der Waals surface area contributed by atoms with Crippen molar-refractivity contribution in [2.75, 3.05) is 12.4 Å². The van der Waals surface area contributed by atoms with E-state index < -0.39 is 5.97 Å². The molecule has 0 atom stereocenters. The first kappa shape index (κ1) is 12.2. The lowest BCUT2D eigenvalue weighted by Gasteiger charge is -2.06. The molecule has 0 radical (unpaired) electrons. The molecule has 0 bridgehead atoms. The van der Waals surface area contributed by atoms with E-state index in [9.17, 15) is 9.18 Å². The van der Waals surface area contributed by atoms with E-state index in [-0.39, 0.29) is 18.1 Å². The summed E-state index contributed by atoms with van der Waals surface area (Å²) in [6.07, 6.45) is 1.39. The van der Waals surface area contributed by atoms with Crippen molar-refractivity contribution in [1.29, 1.82) is 0 Å². The minimum Gasteiger partial charge on any atom is -0.463 e. The van der Waals surface area contributed by atoms with Crippen LogP contribution in [0.4, 0.5) is 10.1 Å². The van der Waals surface area contributed by atoms with Crippen LogP contribution >= 0.6 is 0 Å². The number of benzene rings is 1. The number of ether oxygens (including phenoxy) is 1. The number of anilines is 1. The molecule has 0 aliphatic heterocycles. The molecule has 0 unspecified atom stereocenters. The first-order valence-corrected chi connectivity index (χ1v) is 5.35. The molecule has 0 fully saturated rings. The minimum atomic E-state index is -0.551. The number of hydrogen-bond acceptors (Lipinski definition) is 4. The second kappa shape index (κ2) is 5.35. The Balaban J connectivity index is 2.09. The van der Waals surface area contributed by atoms with Gasteiger partial charge in [-0.05, 0) is 18.2 Å². The van der Waals surface area contributed by atoms with Crippen LogP contribution in [0.15, 0.2) is 41.0 Å². The summed E-state index contributed by atoms with van der Waals surface area (Å²) in [4.78, 5) is 11.4. The van der Waals surface area contributed by atoms with Crippen molar-refractivity contribution < 1.29 is 18.3 Å². The number of furan rings is 1. The first-order valence-electron chi connectivity index (χ1n) is 5.35. The van der Waals surface area contributed by atoms with E-state index in [4.69, 9.17) is 4.42 Å². The highest BCUT2D eigenvalue weighted by molar-refractivity contribution is 5.87. The van der Waals surface area contributed by atoms with E-state index in [1.807, 2.05) is 0 Å². The molecule has 18 heavy (non-hydrogen) atoms. The Bertz CT molecular complexity index is 551. The summed E-state index contributed by atoms with van der Waals surface area (Å²) in [6, 6.07) is 7.95. The van der Waals surface area contributed by atoms with Gasteiger partial charge in [0.2, 0.25) is 5.76 Å². The smallest absolute Gasteiger partial charge is 0.374 e. The highest BCUT2D eigenvalue weighted by Crippen LogP contribution is 2.17. The number of halogens is 1. The van der Waals surface area contributed by atoms with Gasteiger partial charge >= 0.3 is 5.97 Å². The van der Waals surface area contributed by atoms with E-state index in [0.29, 0.717) is 11.3 Å². The predicted molar refractivity (Wildman–Crippen MR) is 63.8 cm³/mol. The third-order valence-corrected chi connectivity index (χ3v) is 2.46. The Labute approximate surface area is 103 Å². The third-order valence-electron chi connectivity index (χ3n) is 2.46. The average Bonchev–Trinajstić information content (AvgIpc) is 2.85. The number of methoxy groups -OCH3 is 1. The number of esters is 1. The average molecular weight is 249 g/mol. The molecule has 0 aliphatic carbocycles. The van der Waals surface area contributed by atoms with Crippen molar-refractivity contribution in [2.45, 2.75) is 6.54 Å². The molecule has 0 amide bonds. The normalized spacial score (nSPS) is 10.1. The van der Waals surface area contributed by atoms with Gasteiger partial charge in [-0.3, -0.25) is 0 Å². The van der Waals surface area contributed by atoms with Crippen molar-refractivity contribution in [1.82, 2.24) is 0 Å². The van der Waals surface area contributed by atoms with E-state index in [2.05, 4.69) is 10.1 Å². The maximum Gasteiger partial charge on any atom is 0.374 e. The standard InChI is InChI=1S/C13H12FNO3/c1-17-13(16)12-9(6-7-18-12)8-15-11-5-3-2-4-10(11)14/h2-7,15H,8H2,1H3. The van der Waals surface area contributed by atoms with Gasteiger partial charge in [0.05, 0.1) is 19.1 Å². The fourth-order valence-corrected chi connectivity index (χ4v) is 1.54. The summed E-state index contributed by atoms with van der Waals surface area (Å²) in [6.45, 7) is 0.280. The van der Waals surface area contributed by atoms with Gasteiger partial charge in [-0.1, -0.05) is 12.1 Å². The van der Waals surface area contributed by atoms with E-state index in [1.54, 1.807) is 24.3 Å². The van der Waals surface area contributed by atoms with Crippen molar-refractivity contribution in [2.24, 2.45) is 0 Å². The Morgan fingerprint density at radius 3 is 2.89 bits per heavy atom. The number of hydrogen-bond donors (Lipinski definition) is 1. The van der Waals surface area contributed by atoms with Crippen LogP contribution in [0.2, 0.25) is 0 Å². The molecule has 5 heteroatoms. The van der Waals surface area contributed by atoms with Crippen LogP contribution in [0.25, 0.3) is 0 Å². The van der Waals surface area contributed by atoms with Gasteiger partial charge in [0.1, 0.15) is 5.82 Å². The molecule has 0 aliphatic rings. The van der Waals surface area contributed by atoms with Gasteiger partial charge in [0.25, 0.3) is 0 Å². The fraction of sp³-hybridized carbons (Fsp3) is 0.154. The van der Waals surface area contributed by atoms with E-state index in [0.717, 1.165) is 0 Å². The van der Waals surface area contributed by atoms with E-state index in [1.165, 1.54) is 19.4 Å². The minimum absolute atomic E-state index is 0.126. The molecule has 2 rings (SSSR count). The second-order valence-corrected chi connectivity index (χ2v) is 3.60. The van der Waals surface area contributed by atoms with Crippen molar-refractivity contribution in [3.05, 3.63) is 53.7 Å². The molecule has 1 N–H and O–H groups in total. The SMILES string of the molecule is COC(=O)c1occc1CNc1ccccc1F. The zero-order valence-corrected chi connectivity index (χ0v) is 9.77. The molecular formula is C13H12FNO3. The number of carbonyl (C=O) groups is 1. The molecule has 0 saturated carbocycles. The molecular weight excluding hydrogens is 237 g/mol. The summed E-state index contributed by atoms with van der Waals surface area (Å²) in [5, 5.41) is 2.89. The monoisotopic (exact) mass is 249 g/mol. The Hall–Kier alpha value is -2.30. The van der Waals surface area contributed by atoms with Crippen molar-refractivity contribution in [3.8, 4) is 0 Å². The molecule has 4 nitrogen and oxygen atoms in total. The molecule has 0 saturated heterocycles. The van der Waals surface area contributed by atoms with Crippen molar-refractivity contribution >= 4 is 11.7 Å². The summed E-state index contributed by atoms with van der Waals surface area (Å²) in [7, 11) is 1.28. The Morgan fingerprint density at radius 1 is 1.39 bits per heavy atom. The maximum absolute atomic E-state index is 13.4. The molecule has 1 heterocycles. The molecule has 2 aromatic rings. The van der Waals surface area contributed by atoms with Gasteiger partial charge in [-0.2, -0.15) is 0 Å². The van der Waals surface area contributed by atoms with Gasteiger partial charge in [-0.25, -0.2) is 9.18 Å². The summed E-state index contributed by atoms with van der Waals surface area (Å²) >= 11 is 0. The van der Waals surface area contributed by atoms with Crippen LogP contribution in [-0.2, 0) is 11.3 Å². The van der Waals surface area contributed by atoms with Gasteiger partial charge < -0.3 is 14.5 Å². The summed E-state index contributed by atoms with van der Waals surface area (Å²) < 4.78 is 23.0. The lowest BCUT2D eigenvalue weighted by atomic mass is 10.2. The third kappa shape index (κ3) is 2.51. The van der Waals surface area contributed by atoms with E-state index >= 15 is 0 Å². The van der Waals surface area contributed by atoms with Crippen molar-refractivity contribution in [3.63, 3.8) is 0 Å². The lowest BCUT2D eigenvalue weighted by Crippen LogP contribution is -2.07.